The summed E-state index contributed by atoms with van der Waals surface area (Å²) in [6, 6.07) is 7.15. The van der Waals surface area contributed by atoms with Gasteiger partial charge < -0.3 is 14.5 Å². The maximum absolute atomic E-state index is 14.0. The molecule has 0 aliphatic heterocycles. The fourth-order valence-corrected chi connectivity index (χ4v) is 2.59. The summed E-state index contributed by atoms with van der Waals surface area (Å²) in [6.07, 6.45) is 1.61. The lowest BCUT2D eigenvalue weighted by atomic mass is 10.2. The summed E-state index contributed by atoms with van der Waals surface area (Å²) in [7, 11) is 1.66. The second-order valence-corrected chi connectivity index (χ2v) is 5.46. The van der Waals surface area contributed by atoms with Crippen LogP contribution in [0.2, 0.25) is 0 Å². The van der Waals surface area contributed by atoms with Crippen LogP contribution in [0.15, 0.2) is 44.7 Å². The molecule has 2 rings (SSSR count). The lowest BCUT2D eigenvalue weighted by Crippen LogP contribution is -2.18. The predicted molar refractivity (Wildman–Crippen MR) is 77.6 cm³/mol. The molecule has 2 aromatic rings. The largest absolute Gasteiger partial charge is 0.468 e. The molecule has 0 aliphatic rings. The van der Waals surface area contributed by atoms with E-state index >= 15 is 0 Å². The van der Waals surface area contributed by atoms with Gasteiger partial charge in [0.1, 0.15) is 11.6 Å². The summed E-state index contributed by atoms with van der Waals surface area (Å²) >= 11 is 1.38. The fourth-order valence-electron chi connectivity index (χ4n) is 1.74. The van der Waals surface area contributed by atoms with Crippen molar-refractivity contribution in [3.63, 3.8) is 0 Å². The van der Waals surface area contributed by atoms with Crippen LogP contribution >= 0.6 is 11.8 Å². The third-order valence-corrected chi connectivity index (χ3v) is 4.03. The monoisotopic (exact) mass is 295 g/mol. The van der Waals surface area contributed by atoms with Gasteiger partial charge >= 0.3 is 0 Å². The molecule has 0 radical (unpaired) electrons. The van der Waals surface area contributed by atoms with Crippen molar-refractivity contribution in [1.82, 2.24) is 5.32 Å². The summed E-state index contributed by atoms with van der Waals surface area (Å²) in [4.78, 5) is 1.55. The Morgan fingerprint density at radius 1 is 1.30 bits per heavy atom. The summed E-state index contributed by atoms with van der Waals surface area (Å²) in [5.74, 6) is 0.598. The lowest BCUT2D eigenvalue weighted by molar-refractivity contribution is 0.199. The number of benzene rings is 1. The highest BCUT2D eigenvalue weighted by atomic mass is 32.2. The second kappa shape index (κ2) is 7.47. The van der Waals surface area contributed by atoms with E-state index < -0.39 is 0 Å². The SMILES string of the molecule is COCCNCc1ccc(Sc2ccoc2C)c(F)c1. The van der Waals surface area contributed by atoms with Crippen LogP contribution in [0.4, 0.5) is 4.39 Å². The Balaban J connectivity index is 1.97. The van der Waals surface area contributed by atoms with Gasteiger partial charge in [-0.05, 0) is 30.7 Å². The average molecular weight is 295 g/mol. The Hall–Kier alpha value is -1.30. The number of hydrogen-bond donors (Lipinski definition) is 1. The summed E-state index contributed by atoms with van der Waals surface area (Å²) in [5, 5.41) is 3.19. The first-order chi connectivity index (χ1) is 9.70. The van der Waals surface area contributed by atoms with Crippen molar-refractivity contribution in [2.45, 2.75) is 23.3 Å². The van der Waals surface area contributed by atoms with Gasteiger partial charge in [-0.1, -0.05) is 17.8 Å². The van der Waals surface area contributed by atoms with Crippen molar-refractivity contribution in [2.75, 3.05) is 20.3 Å². The number of aryl methyl sites for hydroxylation is 1. The normalized spacial score (nSPS) is 10.9. The molecule has 1 heterocycles. The Morgan fingerprint density at radius 3 is 2.80 bits per heavy atom. The van der Waals surface area contributed by atoms with E-state index in [9.17, 15) is 4.39 Å². The molecule has 1 aromatic carbocycles. The van der Waals surface area contributed by atoms with E-state index in [0.717, 1.165) is 22.8 Å². The summed E-state index contributed by atoms with van der Waals surface area (Å²) in [6.45, 7) is 3.91. The first-order valence-corrected chi connectivity index (χ1v) is 7.22. The number of ether oxygens (including phenoxy) is 1. The third kappa shape index (κ3) is 4.10. The zero-order valence-electron chi connectivity index (χ0n) is 11.6. The van der Waals surface area contributed by atoms with Gasteiger partial charge in [-0.2, -0.15) is 0 Å². The van der Waals surface area contributed by atoms with Gasteiger partial charge in [0.05, 0.1) is 17.8 Å². The molecule has 0 bridgehead atoms. The molecule has 1 aromatic heterocycles. The molecule has 0 aliphatic carbocycles. The number of methoxy groups -OCH3 is 1. The van der Waals surface area contributed by atoms with Gasteiger partial charge in [0.15, 0.2) is 0 Å². The van der Waals surface area contributed by atoms with Gasteiger partial charge in [0.2, 0.25) is 0 Å². The molecule has 3 nitrogen and oxygen atoms in total. The van der Waals surface area contributed by atoms with E-state index in [-0.39, 0.29) is 5.82 Å². The number of hydrogen-bond acceptors (Lipinski definition) is 4. The molecule has 1 N–H and O–H groups in total. The minimum Gasteiger partial charge on any atom is -0.468 e. The second-order valence-electron chi connectivity index (χ2n) is 4.38. The highest BCUT2D eigenvalue weighted by Crippen LogP contribution is 2.32. The molecule has 0 atom stereocenters. The average Bonchev–Trinajstić information content (AvgIpc) is 2.83. The maximum atomic E-state index is 14.0. The van der Waals surface area contributed by atoms with Crippen LogP contribution in [0, 0.1) is 12.7 Å². The van der Waals surface area contributed by atoms with Gasteiger partial charge in [-0.25, -0.2) is 4.39 Å². The zero-order valence-corrected chi connectivity index (χ0v) is 12.4. The van der Waals surface area contributed by atoms with E-state index in [1.54, 1.807) is 25.5 Å². The maximum Gasteiger partial charge on any atom is 0.137 e. The first-order valence-electron chi connectivity index (χ1n) is 6.40. The van der Waals surface area contributed by atoms with Crippen molar-refractivity contribution in [2.24, 2.45) is 0 Å². The number of furan rings is 1. The van der Waals surface area contributed by atoms with E-state index in [4.69, 9.17) is 9.15 Å². The highest BCUT2D eigenvalue weighted by Gasteiger charge is 2.09. The van der Waals surface area contributed by atoms with Crippen molar-refractivity contribution < 1.29 is 13.5 Å². The van der Waals surface area contributed by atoms with E-state index in [1.807, 2.05) is 19.1 Å². The van der Waals surface area contributed by atoms with Crippen LogP contribution < -0.4 is 5.32 Å². The van der Waals surface area contributed by atoms with E-state index in [0.29, 0.717) is 18.0 Å². The van der Waals surface area contributed by atoms with Gasteiger partial charge in [0, 0.05) is 25.1 Å². The molecule has 5 heteroatoms. The number of halogens is 1. The van der Waals surface area contributed by atoms with Crippen molar-refractivity contribution in [1.29, 1.82) is 0 Å². The quantitative estimate of drug-likeness (QED) is 0.791. The van der Waals surface area contributed by atoms with Crippen LogP contribution in [0.3, 0.4) is 0 Å². The predicted octanol–water partition coefficient (Wildman–Crippen LogP) is 3.61. The first kappa shape index (κ1) is 15.1. The molecular weight excluding hydrogens is 277 g/mol. The number of rotatable bonds is 7. The minimum absolute atomic E-state index is 0.207. The molecule has 20 heavy (non-hydrogen) atoms. The molecule has 0 spiro atoms. The van der Waals surface area contributed by atoms with Crippen molar-refractivity contribution in [3.05, 3.63) is 47.7 Å². The van der Waals surface area contributed by atoms with Crippen molar-refractivity contribution >= 4 is 11.8 Å². The number of nitrogens with one attached hydrogen (secondary N) is 1. The van der Waals surface area contributed by atoms with E-state index in [2.05, 4.69) is 5.32 Å². The Kier molecular flexibility index (Phi) is 5.64. The van der Waals surface area contributed by atoms with Crippen LogP contribution in [0.5, 0.6) is 0 Å². The molecule has 0 saturated carbocycles. The van der Waals surface area contributed by atoms with Crippen LogP contribution in [-0.2, 0) is 11.3 Å². The standard InChI is InChI=1S/C15H18FNO2S/c1-11-14(5-7-19-11)20-15-4-3-12(9-13(15)16)10-17-6-8-18-2/h3-5,7,9,17H,6,8,10H2,1-2H3. The zero-order chi connectivity index (χ0) is 14.4. The van der Waals surface area contributed by atoms with E-state index in [1.165, 1.54) is 11.8 Å². The van der Waals surface area contributed by atoms with Gasteiger partial charge in [-0.15, -0.1) is 0 Å². The van der Waals surface area contributed by atoms with Crippen LogP contribution in [0.25, 0.3) is 0 Å². The topological polar surface area (TPSA) is 34.4 Å². The molecule has 0 amide bonds. The van der Waals surface area contributed by atoms with Crippen LogP contribution in [0.1, 0.15) is 11.3 Å². The lowest BCUT2D eigenvalue weighted by Gasteiger charge is -2.07. The van der Waals surface area contributed by atoms with Gasteiger partial charge in [-0.3, -0.25) is 0 Å². The third-order valence-electron chi connectivity index (χ3n) is 2.84. The molecule has 0 fully saturated rings. The smallest absolute Gasteiger partial charge is 0.137 e. The summed E-state index contributed by atoms with van der Waals surface area (Å²) < 4.78 is 24.2. The highest BCUT2D eigenvalue weighted by molar-refractivity contribution is 7.99. The minimum atomic E-state index is -0.207. The van der Waals surface area contributed by atoms with Crippen LogP contribution in [-0.4, -0.2) is 20.3 Å². The van der Waals surface area contributed by atoms with Crippen molar-refractivity contribution in [3.8, 4) is 0 Å². The molecular formula is C15H18FNO2S. The molecule has 0 saturated heterocycles. The summed E-state index contributed by atoms with van der Waals surface area (Å²) in [5.41, 5.74) is 0.923. The Labute approximate surface area is 122 Å². The molecule has 108 valence electrons. The Morgan fingerprint density at radius 2 is 2.15 bits per heavy atom. The molecule has 0 unspecified atom stereocenters. The Bertz CT molecular complexity index is 557. The fraction of sp³-hybridized carbons (Fsp3) is 0.333. The van der Waals surface area contributed by atoms with Gasteiger partial charge in [0.25, 0.3) is 0 Å².